The number of anilines is 1. The van der Waals surface area contributed by atoms with Gasteiger partial charge >= 0.3 is 0 Å². The Morgan fingerprint density at radius 1 is 1.25 bits per heavy atom. The summed E-state index contributed by atoms with van der Waals surface area (Å²) in [7, 11) is 0. The molecule has 0 radical (unpaired) electrons. The van der Waals surface area contributed by atoms with Crippen molar-refractivity contribution in [1.29, 1.82) is 0 Å². The lowest BCUT2D eigenvalue weighted by Crippen LogP contribution is -1.93. The lowest BCUT2D eigenvalue weighted by molar-refractivity contribution is -0.384. The molecule has 0 saturated carbocycles. The van der Waals surface area contributed by atoms with Crippen LogP contribution in [0.1, 0.15) is 0 Å². The van der Waals surface area contributed by atoms with Crippen molar-refractivity contribution in [1.82, 2.24) is 4.98 Å². The highest BCUT2D eigenvalue weighted by molar-refractivity contribution is 6.31. The third-order valence-corrected chi connectivity index (χ3v) is 3.06. The van der Waals surface area contributed by atoms with Gasteiger partial charge in [-0.15, -0.1) is 0 Å². The van der Waals surface area contributed by atoms with Gasteiger partial charge in [0.2, 0.25) is 5.89 Å². The highest BCUT2D eigenvalue weighted by Gasteiger charge is 2.15. The van der Waals surface area contributed by atoms with Gasteiger partial charge in [0.05, 0.1) is 10.5 Å². The van der Waals surface area contributed by atoms with Crippen molar-refractivity contribution in [3.8, 4) is 11.5 Å². The molecule has 2 N–H and O–H groups in total. The fourth-order valence-corrected chi connectivity index (χ4v) is 2.03. The maximum atomic E-state index is 10.8. The molecule has 0 bridgehead atoms. The third kappa shape index (κ3) is 2.06. The predicted molar refractivity (Wildman–Crippen MR) is 75.5 cm³/mol. The van der Waals surface area contributed by atoms with Gasteiger partial charge < -0.3 is 10.2 Å². The second kappa shape index (κ2) is 4.50. The molecule has 0 amide bonds. The van der Waals surface area contributed by atoms with E-state index in [1.54, 1.807) is 18.2 Å². The van der Waals surface area contributed by atoms with Gasteiger partial charge in [-0.3, -0.25) is 10.1 Å². The topological polar surface area (TPSA) is 95.2 Å². The number of nitrogen functional groups attached to an aromatic ring is 1. The third-order valence-electron chi connectivity index (χ3n) is 2.83. The van der Waals surface area contributed by atoms with Crippen LogP contribution in [-0.2, 0) is 0 Å². The molecule has 1 heterocycles. The van der Waals surface area contributed by atoms with Gasteiger partial charge in [0, 0.05) is 22.8 Å². The van der Waals surface area contributed by atoms with Crippen molar-refractivity contribution in [2.24, 2.45) is 0 Å². The standard InChI is InChI=1S/C13H8ClN3O3/c14-7-1-4-12-11(5-7)16-13(20-12)9-6-8(17(18)19)2-3-10(9)15/h1-6H,15H2. The van der Waals surface area contributed by atoms with Crippen molar-refractivity contribution < 1.29 is 9.34 Å². The van der Waals surface area contributed by atoms with E-state index in [0.29, 0.717) is 27.4 Å². The Bertz CT molecular complexity index is 829. The number of nitro benzene ring substituents is 1. The first kappa shape index (κ1) is 12.4. The molecule has 2 aromatic carbocycles. The van der Waals surface area contributed by atoms with Crippen molar-refractivity contribution >= 4 is 34.1 Å². The lowest BCUT2D eigenvalue weighted by atomic mass is 10.1. The van der Waals surface area contributed by atoms with Crippen LogP contribution in [0.4, 0.5) is 11.4 Å². The van der Waals surface area contributed by atoms with Crippen LogP contribution in [0.2, 0.25) is 5.02 Å². The van der Waals surface area contributed by atoms with E-state index >= 15 is 0 Å². The number of hydrogen-bond acceptors (Lipinski definition) is 5. The second-order valence-electron chi connectivity index (χ2n) is 4.16. The summed E-state index contributed by atoms with van der Waals surface area (Å²) in [6.07, 6.45) is 0. The minimum absolute atomic E-state index is 0.0745. The second-order valence-corrected chi connectivity index (χ2v) is 4.60. The molecular formula is C13H8ClN3O3. The number of benzene rings is 2. The van der Waals surface area contributed by atoms with Crippen molar-refractivity contribution in [3.05, 3.63) is 51.5 Å². The van der Waals surface area contributed by atoms with Gasteiger partial charge in [-0.25, -0.2) is 4.98 Å². The maximum absolute atomic E-state index is 10.8. The molecule has 0 aliphatic rings. The highest BCUT2D eigenvalue weighted by Crippen LogP contribution is 2.32. The van der Waals surface area contributed by atoms with Gasteiger partial charge in [-0.2, -0.15) is 0 Å². The summed E-state index contributed by atoms with van der Waals surface area (Å²) in [6, 6.07) is 9.13. The van der Waals surface area contributed by atoms with Crippen LogP contribution in [0.15, 0.2) is 40.8 Å². The Morgan fingerprint density at radius 2 is 2.05 bits per heavy atom. The summed E-state index contributed by atoms with van der Waals surface area (Å²) < 4.78 is 5.55. The normalized spacial score (nSPS) is 10.8. The van der Waals surface area contributed by atoms with Crippen LogP contribution in [0, 0.1) is 10.1 Å². The summed E-state index contributed by atoms with van der Waals surface area (Å²) in [5.74, 6) is 0.225. The molecule has 3 rings (SSSR count). The number of halogens is 1. The Morgan fingerprint density at radius 3 is 2.80 bits per heavy atom. The molecule has 0 aliphatic carbocycles. The molecule has 3 aromatic rings. The Labute approximate surface area is 117 Å². The average Bonchev–Trinajstić information content (AvgIpc) is 2.81. The largest absolute Gasteiger partial charge is 0.436 e. The van der Waals surface area contributed by atoms with Crippen molar-refractivity contribution in [2.45, 2.75) is 0 Å². The quantitative estimate of drug-likeness (QED) is 0.441. The highest BCUT2D eigenvalue weighted by atomic mass is 35.5. The van der Waals surface area contributed by atoms with Crippen LogP contribution in [-0.4, -0.2) is 9.91 Å². The number of nitrogens with two attached hydrogens (primary N) is 1. The monoisotopic (exact) mass is 289 g/mol. The number of non-ortho nitro benzene ring substituents is 1. The Kier molecular flexibility index (Phi) is 2.80. The van der Waals surface area contributed by atoms with Crippen LogP contribution >= 0.6 is 11.6 Å². The number of fused-ring (bicyclic) bond motifs is 1. The number of rotatable bonds is 2. The van der Waals surface area contributed by atoms with Crippen LogP contribution in [0.3, 0.4) is 0 Å². The first-order valence-corrected chi connectivity index (χ1v) is 6.03. The molecule has 0 fully saturated rings. The Balaban J connectivity index is 2.19. The number of aromatic nitrogens is 1. The number of hydrogen-bond donors (Lipinski definition) is 1. The zero-order chi connectivity index (χ0) is 14.3. The minimum atomic E-state index is -0.498. The molecule has 0 aliphatic heterocycles. The van der Waals surface area contributed by atoms with E-state index in [4.69, 9.17) is 21.8 Å². The van der Waals surface area contributed by atoms with Gasteiger partial charge in [-0.05, 0) is 24.3 Å². The molecule has 7 heteroatoms. The molecule has 0 unspecified atom stereocenters. The summed E-state index contributed by atoms with van der Waals surface area (Å²) in [5, 5.41) is 11.3. The van der Waals surface area contributed by atoms with E-state index in [-0.39, 0.29) is 11.6 Å². The van der Waals surface area contributed by atoms with Crippen molar-refractivity contribution in [2.75, 3.05) is 5.73 Å². The fourth-order valence-electron chi connectivity index (χ4n) is 1.86. The first-order valence-electron chi connectivity index (χ1n) is 5.65. The summed E-state index contributed by atoms with van der Waals surface area (Å²) in [6.45, 7) is 0. The average molecular weight is 290 g/mol. The summed E-state index contributed by atoms with van der Waals surface area (Å²) >= 11 is 5.88. The molecule has 0 atom stereocenters. The smallest absolute Gasteiger partial charge is 0.270 e. The zero-order valence-corrected chi connectivity index (χ0v) is 10.8. The number of oxazole rings is 1. The van der Waals surface area contributed by atoms with Gasteiger partial charge in [0.15, 0.2) is 5.58 Å². The summed E-state index contributed by atoms with van der Waals surface area (Å²) in [5.41, 5.74) is 7.59. The zero-order valence-electron chi connectivity index (χ0n) is 10.0. The molecular weight excluding hydrogens is 282 g/mol. The van der Waals surface area contributed by atoms with E-state index in [9.17, 15) is 10.1 Å². The lowest BCUT2D eigenvalue weighted by Gasteiger charge is -2.00. The molecule has 100 valence electrons. The fraction of sp³-hybridized carbons (Fsp3) is 0. The van der Waals surface area contributed by atoms with E-state index in [2.05, 4.69) is 4.98 Å². The van der Waals surface area contributed by atoms with Crippen LogP contribution in [0.25, 0.3) is 22.6 Å². The number of nitro groups is 1. The molecule has 0 spiro atoms. The van der Waals surface area contributed by atoms with Crippen LogP contribution in [0.5, 0.6) is 0 Å². The summed E-state index contributed by atoms with van der Waals surface area (Å²) in [4.78, 5) is 14.6. The maximum Gasteiger partial charge on any atom is 0.270 e. The van der Waals surface area contributed by atoms with E-state index in [1.807, 2.05) is 0 Å². The minimum Gasteiger partial charge on any atom is -0.436 e. The molecule has 20 heavy (non-hydrogen) atoms. The molecule has 1 aromatic heterocycles. The van der Waals surface area contributed by atoms with Crippen LogP contribution < -0.4 is 5.73 Å². The molecule has 6 nitrogen and oxygen atoms in total. The van der Waals surface area contributed by atoms with Crippen molar-refractivity contribution in [3.63, 3.8) is 0 Å². The SMILES string of the molecule is Nc1ccc([N+](=O)[O-])cc1-c1nc2cc(Cl)ccc2o1. The Hall–Kier alpha value is -2.60. The van der Waals surface area contributed by atoms with Gasteiger partial charge in [-0.1, -0.05) is 11.6 Å². The van der Waals surface area contributed by atoms with E-state index < -0.39 is 4.92 Å². The van der Waals surface area contributed by atoms with E-state index in [0.717, 1.165) is 0 Å². The van der Waals surface area contributed by atoms with Gasteiger partial charge in [0.25, 0.3) is 5.69 Å². The first-order chi connectivity index (χ1) is 9.54. The van der Waals surface area contributed by atoms with Gasteiger partial charge in [0.1, 0.15) is 5.52 Å². The molecule has 0 saturated heterocycles. The predicted octanol–water partition coefficient (Wildman–Crippen LogP) is 3.64. The number of nitrogens with zero attached hydrogens (tertiary/aromatic N) is 2. The van der Waals surface area contributed by atoms with E-state index in [1.165, 1.54) is 18.2 Å².